The first-order chi connectivity index (χ1) is 12.6. The van der Waals surface area contributed by atoms with E-state index in [1.54, 1.807) is 4.90 Å². The molecular formula is C20H17FN2O3. The van der Waals surface area contributed by atoms with Crippen LogP contribution in [0.25, 0.3) is 10.9 Å². The van der Waals surface area contributed by atoms with Gasteiger partial charge in [0.15, 0.2) is 0 Å². The molecule has 0 spiro atoms. The number of H-pyrrole nitrogens is 1. The number of morpholine rings is 1. The number of hydrogen-bond donors (Lipinski definition) is 1. The van der Waals surface area contributed by atoms with Crippen molar-refractivity contribution in [3.8, 4) is 0 Å². The molecule has 1 aliphatic rings. The molecule has 1 atom stereocenters. The monoisotopic (exact) mass is 352 g/mol. The zero-order chi connectivity index (χ0) is 18.1. The lowest BCUT2D eigenvalue weighted by molar-refractivity contribution is -0.0228. The van der Waals surface area contributed by atoms with Gasteiger partial charge in [-0.15, -0.1) is 0 Å². The summed E-state index contributed by atoms with van der Waals surface area (Å²) in [6.07, 6.45) is 1.17. The maximum absolute atomic E-state index is 13.5. The molecule has 1 amide bonds. The van der Waals surface area contributed by atoms with Gasteiger partial charge in [-0.1, -0.05) is 30.3 Å². The third-order valence-corrected chi connectivity index (χ3v) is 4.60. The van der Waals surface area contributed by atoms with Gasteiger partial charge in [-0.2, -0.15) is 0 Å². The average molecular weight is 352 g/mol. The van der Waals surface area contributed by atoms with Crippen LogP contribution in [0.2, 0.25) is 0 Å². The molecule has 1 N–H and O–H groups in total. The lowest BCUT2D eigenvalue weighted by Crippen LogP contribution is -2.43. The summed E-state index contributed by atoms with van der Waals surface area (Å²) in [6, 6.07) is 13.6. The topological polar surface area (TPSA) is 62.4 Å². The van der Waals surface area contributed by atoms with E-state index in [2.05, 4.69) is 4.98 Å². The quantitative estimate of drug-likeness (QED) is 0.771. The second kappa shape index (κ2) is 6.72. The number of nitrogens with zero attached hydrogens (tertiary/aromatic N) is 1. The number of amides is 1. The minimum absolute atomic E-state index is 0.0109. The molecule has 2 heterocycles. The molecule has 0 saturated carbocycles. The van der Waals surface area contributed by atoms with Crippen LogP contribution < -0.4 is 5.43 Å². The van der Waals surface area contributed by atoms with E-state index in [-0.39, 0.29) is 23.0 Å². The summed E-state index contributed by atoms with van der Waals surface area (Å²) in [6.45, 7) is 1.16. The van der Waals surface area contributed by atoms with Gasteiger partial charge in [0, 0.05) is 23.6 Å². The van der Waals surface area contributed by atoms with Crippen LogP contribution >= 0.6 is 0 Å². The number of nitrogens with one attached hydrogen (secondary N) is 1. The zero-order valence-corrected chi connectivity index (χ0v) is 13.9. The summed E-state index contributed by atoms with van der Waals surface area (Å²) in [4.78, 5) is 30.0. The Hall–Kier alpha value is -2.99. The van der Waals surface area contributed by atoms with Crippen molar-refractivity contribution in [2.75, 3.05) is 19.7 Å². The van der Waals surface area contributed by atoms with Crippen LogP contribution in [0.1, 0.15) is 22.0 Å². The highest BCUT2D eigenvalue weighted by Crippen LogP contribution is 2.23. The number of rotatable bonds is 2. The number of carbonyl (C=O) groups excluding carboxylic acids is 1. The van der Waals surface area contributed by atoms with Crippen LogP contribution in [0.15, 0.2) is 59.5 Å². The summed E-state index contributed by atoms with van der Waals surface area (Å²) in [5.74, 6) is -0.884. The Labute approximate surface area is 149 Å². The minimum Gasteiger partial charge on any atom is -0.370 e. The van der Waals surface area contributed by atoms with E-state index in [1.165, 1.54) is 18.3 Å². The van der Waals surface area contributed by atoms with Crippen molar-refractivity contribution in [3.05, 3.63) is 81.9 Å². The lowest BCUT2D eigenvalue weighted by Gasteiger charge is -2.33. The first-order valence-electron chi connectivity index (χ1n) is 8.40. The Morgan fingerprint density at radius 3 is 2.81 bits per heavy atom. The molecule has 5 nitrogen and oxygen atoms in total. The molecule has 0 radical (unpaired) electrons. The fourth-order valence-electron chi connectivity index (χ4n) is 3.22. The highest BCUT2D eigenvalue weighted by molar-refractivity contribution is 5.97. The van der Waals surface area contributed by atoms with Crippen LogP contribution in [-0.4, -0.2) is 35.5 Å². The second-order valence-electron chi connectivity index (χ2n) is 6.24. The molecule has 0 unspecified atom stereocenters. The van der Waals surface area contributed by atoms with Gasteiger partial charge in [-0.3, -0.25) is 9.59 Å². The van der Waals surface area contributed by atoms with Gasteiger partial charge in [0.25, 0.3) is 5.91 Å². The molecule has 1 aliphatic heterocycles. The summed E-state index contributed by atoms with van der Waals surface area (Å²) < 4.78 is 19.2. The summed E-state index contributed by atoms with van der Waals surface area (Å²) in [5, 5.41) is 0.170. The maximum Gasteiger partial charge on any atom is 0.259 e. The fourth-order valence-corrected chi connectivity index (χ4v) is 3.22. The number of aromatic amines is 1. The number of pyridine rings is 1. The number of benzene rings is 2. The van der Waals surface area contributed by atoms with Crippen molar-refractivity contribution in [1.82, 2.24) is 9.88 Å². The Morgan fingerprint density at radius 2 is 2.00 bits per heavy atom. The van der Waals surface area contributed by atoms with Crippen molar-refractivity contribution < 1.29 is 13.9 Å². The Bertz CT molecular complexity index is 1020. The van der Waals surface area contributed by atoms with Gasteiger partial charge >= 0.3 is 0 Å². The van der Waals surface area contributed by atoms with E-state index in [9.17, 15) is 14.0 Å². The number of fused-ring (bicyclic) bond motifs is 1. The normalized spacial score (nSPS) is 17.4. The summed E-state index contributed by atoms with van der Waals surface area (Å²) in [7, 11) is 0. The minimum atomic E-state index is -0.511. The van der Waals surface area contributed by atoms with Gasteiger partial charge in [0.2, 0.25) is 5.43 Å². The predicted octanol–water partition coefficient (Wildman–Crippen LogP) is 2.88. The zero-order valence-electron chi connectivity index (χ0n) is 13.9. The predicted molar refractivity (Wildman–Crippen MR) is 95.6 cm³/mol. The van der Waals surface area contributed by atoms with Crippen molar-refractivity contribution in [1.29, 1.82) is 0 Å². The number of carbonyl (C=O) groups is 1. The number of ether oxygens (including phenoxy) is 1. The van der Waals surface area contributed by atoms with Crippen LogP contribution in [0.5, 0.6) is 0 Å². The van der Waals surface area contributed by atoms with E-state index in [1.807, 2.05) is 30.3 Å². The first kappa shape index (κ1) is 16.5. The molecule has 26 heavy (non-hydrogen) atoms. The van der Waals surface area contributed by atoms with Crippen molar-refractivity contribution in [3.63, 3.8) is 0 Å². The highest BCUT2D eigenvalue weighted by Gasteiger charge is 2.27. The van der Waals surface area contributed by atoms with Crippen LogP contribution in [0, 0.1) is 5.82 Å². The molecule has 1 fully saturated rings. The smallest absolute Gasteiger partial charge is 0.259 e. The maximum atomic E-state index is 13.5. The van der Waals surface area contributed by atoms with E-state index in [4.69, 9.17) is 4.74 Å². The van der Waals surface area contributed by atoms with E-state index >= 15 is 0 Å². The Morgan fingerprint density at radius 1 is 1.19 bits per heavy atom. The Kier molecular flexibility index (Phi) is 4.26. The van der Waals surface area contributed by atoms with Crippen molar-refractivity contribution >= 4 is 16.8 Å². The van der Waals surface area contributed by atoms with Crippen LogP contribution in [0.4, 0.5) is 4.39 Å². The lowest BCUT2D eigenvalue weighted by atomic mass is 10.1. The molecule has 1 saturated heterocycles. The highest BCUT2D eigenvalue weighted by atomic mass is 19.1. The van der Waals surface area contributed by atoms with Crippen LogP contribution in [0.3, 0.4) is 0 Å². The second-order valence-corrected chi connectivity index (χ2v) is 6.24. The molecule has 3 aromatic rings. The molecular weight excluding hydrogens is 335 g/mol. The van der Waals surface area contributed by atoms with Crippen molar-refractivity contribution in [2.45, 2.75) is 6.10 Å². The van der Waals surface area contributed by atoms with E-state index in [0.717, 1.165) is 11.6 Å². The average Bonchev–Trinajstić information content (AvgIpc) is 2.69. The van der Waals surface area contributed by atoms with E-state index < -0.39 is 11.2 Å². The van der Waals surface area contributed by atoms with Gasteiger partial charge < -0.3 is 14.6 Å². The van der Waals surface area contributed by atoms with Gasteiger partial charge in [0.05, 0.1) is 13.2 Å². The summed E-state index contributed by atoms with van der Waals surface area (Å²) in [5.41, 5.74) is 1.03. The number of hydrogen-bond acceptors (Lipinski definition) is 3. The number of halogens is 1. The molecule has 4 rings (SSSR count). The molecule has 0 aliphatic carbocycles. The standard InChI is InChI=1S/C20H17FN2O3/c21-14-6-7-17-15(10-14)19(24)16(11-22-17)20(25)23-8-9-26-18(12-23)13-4-2-1-3-5-13/h1-7,10-11,18H,8-9,12H2,(H,22,24)/t18-/m1/s1. The van der Waals surface area contributed by atoms with Crippen molar-refractivity contribution in [2.24, 2.45) is 0 Å². The third kappa shape index (κ3) is 2.99. The number of aromatic nitrogens is 1. The van der Waals surface area contributed by atoms with Gasteiger partial charge in [-0.25, -0.2) is 4.39 Å². The van der Waals surface area contributed by atoms with Gasteiger partial charge in [-0.05, 0) is 23.8 Å². The molecule has 0 bridgehead atoms. The first-order valence-corrected chi connectivity index (χ1v) is 8.40. The molecule has 2 aromatic carbocycles. The van der Waals surface area contributed by atoms with E-state index in [0.29, 0.717) is 25.2 Å². The third-order valence-electron chi connectivity index (χ3n) is 4.60. The molecule has 6 heteroatoms. The summed E-state index contributed by atoms with van der Waals surface area (Å²) >= 11 is 0. The molecule has 1 aromatic heterocycles. The molecule has 132 valence electrons. The Balaban J connectivity index is 1.64. The van der Waals surface area contributed by atoms with Gasteiger partial charge in [0.1, 0.15) is 17.5 Å². The van der Waals surface area contributed by atoms with Crippen LogP contribution in [-0.2, 0) is 4.74 Å². The SMILES string of the molecule is O=C(c1c[nH]c2ccc(F)cc2c1=O)N1CCO[C@@H](c2ccccc2)C1. The largest absolute Gasteiger partial charge is 0.370 e. The fraction of sp³-hybridized carbons (Fsp3) is 0.200.